The van der Waals surface area contributed by atoms with Crippen LogP contribution in [0.3, 0.4) is 0 Å². The molecule has 0 aliphatic rings. The Morgan fingerprint density at radius 2 is 1.67 bits per heavy atom. The van der Waals surface area contributed by atoms with E-state index in [-0.39, 0.29) is 36.4 Å². The van der Waals surface area contributed by atoms with Gasteiger partial charge in [0.25, 0.3) is 0 Å². The van der Waals surface area contributed by atoms with Gasteiger partial charge in [0.15, 0.2) is 17.5 Å². The zero-order valence-corrected chi connectivity index (χ0v) is 17.9. The van der Waals surface area contributed by atoms with Crippen molar-refractivity contribution in [2.45, 2.75) is 6.92 Å². The van der Waals surface area contributed by atoms with E-state index in [9.17, 15) is 4.79 Å². The van der Waals surface area contributed by atoms with Crippen LogP contribution < -0.4 is 25.4 Å². The SMILES string of the molecule is CCNC(=NCC(=O)Nc1ccccc1)Nc1ccc(OC)c(OC)c1.I. The van der Waals surface area contributed by atoms with Crippen LogP contribution in [0.2, 0.25) is 0 Å². The van der Waals surface area contributed by atoms with Gasteiger partial charge in [-0.3, -0.25) is 4.79 Å². The molecule has 0 saturated carbocycles. The number of amides is 1. The highest BCUT2D eigenvalue weighted by molar-refractivity contribution is 14.0. The van der Waals surface area contributed by atoms with Crippen molar-refractivity contribution in [3.63, 3.8) is 0 Å². The van der Waals surface area contributed by atoms with E-state index in [1.165, 1.54) is 0 Å². The van der Waals surface area contributed by atoms with Gasteiger partial charge in [-0.2, -0.15) is 0 Å². The van der Waals surface area contributed by atoms with Crippen LogP contribution >= 0.6 is 24.0 Å². The van der Waals surface area contributed by atoms with E-state index in [1.54, 1.807) is 26.4 Å². The minimum absolute atomic E-state index is 0. The first-order chi connectivity index (χ1) is 12.7. The number of hydrogen-bond acceptors (Lipinski definition) is 4. The van der Waals surface area contributed by atoms with E-state index in [0.29, 0.717) is 24.0 Å². The van der Waals surface area contributed by atoms with Crippen molar-refractivity contribution in [1.82, 2.24) is 5.32 Å². The predicted octanol–water partition coefficient (Wildman–Crippen LogP) is 3.34. The lowest BCUT2D eigenvalue weighted by atomic mass is 10.3. The number of carbonyl (C=O) groups is 1. The number of nitrogens with zero attached hydrogens (tertiary/aromatic N) is 1. The predicted molar refractivity (Wildman–Crippen MR) is 120 cm³/mol. The molecule has 0 atom stereocenters. The molecule has 0 radical (unpaired) electrons. The average Bonchev–Trinajstić information content (AvgIpc) is 2.67. The molecule has 27 heavy (non-hydrogen) atoms. The fraction of sp³-hybridized carbons (Fsp3) is 0.263. The fourth-order valence-electron chi connectivity index (χ4n) is 2.23. The number of anilines is 2. The standard InChI is InChI=1S/C19H24N4O3.HI/c1-4-20-19(21-13-18(24)22-14-8-6-5-7-9-14)23-15-10-11-16(25-2)17(12-15)26-3;/h5-12H,4,13H2,1-3H3,(H,22,24)(H2,20,21,23);1H. The molecule has 8 heteroatoms. The number of guanidine groups is 1. The zero-order valence-electron chi connectivity index (χ0n) is 15.6. The molecule has 7 nitrogen and oxygen atoms in total. The number of aliphatic imine (C=N–C) groups is 1. The molecule has 3 N–H and O–H groups in total. The fourth-order valence-corrected chi connectivity index (χ4v) is 2.23. The Hall–Kier alpha value is -2.49. The van der Waals surface area contributed by atoms with Crippen LogP contribution in [0.15, 0.2) is 53.5 Å². The van der Waals surface area contributed by atoms with Gasteiger partial charge in [-0.05, 0) is 31.2 Å². The molecule has 2 rings (SSSR count). The molecule has 2 aromatic rings. The highest BCUT2D eigenvalue weighted by Gasteiger charge is 2.07. The Bertz CT molecular complexity index is 754. The third-order valence-corrected chi connectivity index (χ3v) is 3.43. The van der Waals surface area contributed by atoms with Gasteiger partial charge in [-0.1, -0.05) is 18.2 Å². The summed E-state index contributed by atoms with van der Waals surface area (Å²) in [6.45, 7) is 2.62. The lowest BCUT2D eigenvalue weighted by molar-refractivity contribution is -0.114. The smallest absolute Gasteiger partial charge is 0.246 e. The second kappa shape index (κ2) is 12.0. The summed E-state index contributed by atoms with van der Waals surface area (Å²) in [7, 11) is 3.16. The summed E-state index contributed by atoms with van der Waals surface area (Å²) in [4.78, 5) is 16.4. The maximum absolute atomic E-state index is 12.0. The molecule has 1 amide bonds. The first-order valence-electron chi connectivity index (χ1n) is 8.28. The highest BCUT2D eigenvalue weighted by atomic mass is 127. The van der Waals surface area contributed by atoms with Crippen molar-refractivity contribution in [1.29, 1.82) is 0 Å². The van der Waals surface area contributed by atoms with Gasteiger partial charge in [0.2, 0.25) is 5.91 Å². The maximum atomic E-state index is 12.0. The molecule has 0 spiro atoms. The molecule has 0 bridgehead atoms. The lowest BCUT2D eigenvalue weighted by Crippen LogP contribution is -2.31. The number of carbonyl (C=O) groups excluding carboxylic acids is 1. The molecular weight excluding hydrogens is 459 g/mol. The summed E-state index contributed by atoms with van der Waals surface area (Å²) in [5.74, 6) is 1.56. The summed E-state index contributed by atoms with van der Waals surface area (Å²) in [5, 5.41) is 9.05. The molecule has 0 unspecified atom stereocenters. The van der Waals surface area contributed by atoms with Gasteiger partial charge >= 0.3 is 0 Å². The third-order valence-electron chi connectivity index (χ3n) is 3.43. The van der Waals surface area contributed by atoms with Gasteiger partial charge < -0.3 is 25.4 Å². The van der Waals surface area contributed by atoms with Crippen molar-refractivity contribution >= 4 is 47.2 Å². The summed E-state index contributed by atoms with van der Waals surface area (Å²) in [6, 6.07) is 14.7. The van der Waals surface area contributed by atoms with E-state index >= 15 is 0 Å². The van der Waals surface area contributed by atoms with Crippen LogP contribution in [-0.4, -0.2) is 39.2 Å². The van der Waals surface area contributed by atoms with Gasteiger partial charge in [0.05, 0.1) is 14.2 Å². The van der Waals surface area contributed by atoms with Crippen molar-refractivity contribution in [3.8, 4) is 11.5 Å². The second-order valence-corrected chi connectivity index (χ2v) is 5.30. The lowest BCUT2D eigenvalue weighted by Gasteiger charge is -2.13. The van der Waals surface area contributed by atoms with E-state index in [2.05, 4.69) is 20.9 Å². The van der Waals surface area contributed by atoms with E-state index in [1.807, 2.05) is 43.3 Å². The first kappa shape index (κ1) is 22.6. The largest absolute Gasteiger partial charge is 0.493 e. The number of nitrogens with one attached hydrogen (secondary N) is 3. The molecule has 0 heterocycles. The average molecular weight is 484 g/mol. The summed E-state index contributed by atoms with van der Waals surface area (Å²) in [6.07, 6.45) is 0. The number of halogens is 1. The van der Waals surface area contributed by atoms with Crippen LogP contribution in [0.5, 0.6) is 11.5 Å². The molecule has 146 valence electrons. The Kier molecular flexibility index (Phi) is 10.0. The van der Waals surface area contributed by atoms with Crippen LogP contribution in [-0.2, 0) is 4.79 Å². The molecule has 0 aromatic heterocycles. The Morgan fingerprint density at radius 1 is 0.963 bits per heavy atom. The summed E-state index contributed by atoms with van der Waals surface area (Å²) in [5.41, 5.74) is 1.51. The zero-order chi connectivity index (χ0) is 18.8. The maximum Gasteiger partial charge on any atom is 0.246 e. The Morgan fingerprint density at radius 3 is 2.30 bits per heavy atom. The molecular formula is C19H25IN4O3. The van der Waals surface area contributed by atoms with Crippen LogP contribution in [0.25, 0.3) is 0 Å². The van der Waals surface area contributed by atoms with E-state index in [4.69, 9.17) is 9.47 Å². The summed E-state index contributed by atoms with van der Waals surface area (Å²) >= 11 is 0. The van der Waals surface area contributed by atoms with Crippen LogP contribution in [0, 0.1) is 0 Å². The topological polar surface area (TPSA) is 84.0 Å². The Balaban J connectivity index is 0.00000364. The van der Waals surface area contributed by atoms with Crippen LogP contribution in [0.1, 0.15) is 6.92 Å². The van der Waals surface area contributed by atoms with Gasteiger partial charge in [-0.15, -0.1) is 24.0 Å². The summed E-state index contributed by atoms with van der Waals surface area (Å²) < 4.78 is 10.5. The van der Waals surface area contributed by atoms with E-state index in [0.717, 1.165) is 11.4 Å². The quantitative estimate of drug-likeness (QED) is 0.319. The number of methoxy groups -OCH3 is 2. The second-order valence-electron chi connectivity index (χ2n) is 5.30. The highest BCUT2D eigenvalue weighted by Crippen LogP contribution is 2.29. The normalized spacial score (nSPS) is 10.4. The number of ether oxygens (including phenoxy) is 2. The molecule has 0 saturated heterocycles. The number of hydrogen-bond donors (Lipinski definition) is 3. The number of para-hydroxylation sites is 1. The first-order valence-corrected chi connectivity index (χ1v) is 8.28. The molecule has 0 fully saturated rings. The van der Waals surface area contributed by atoms with Crippen LogP contribution in [0.4, 0.5) is 11.4 Å². The molecule has 0 aliphatic heterocycles. The number of rotatable bonds is 7. The molecule has 0 aliphatic carbocycles. The van der Waals surface area contributed by atoms with Crippen molar-refractivity contribution in [2.24, 2.45) is 4.99 Å². The van der Waals surface area contributed by atoms with Gasteiger partial charge in [0.1, 0.15) is 6.54 Å². The third kappa shape index (κ3) is 7.33. The monoisotopic (exact) mass is 484 g/mol. The van der Waals surface area contributed by atoms with Crippen molar-refractivity contribution in [2.75, 3.05) is 37.9 Å². The van der Waals surface area contributed by atoms with Gasteiger partial charge in [0, 0.05) is 24.0 Å². The minimum atomic E-state index is -0.194. The van der Waals surface area contributed by atoms with E-state index < -0.39 is 0 Å². The van der Waals surface area contributed by atoms with Crippen molar-refractivity contribution in [3.05, 3.63) is 48.5 Å². The number of benzene rings is 2. The Labute approximate surface area is 176 Å². The molecule has 2 aromatic carbocycles. The van der Waals surface area contributed by atoms with Gasteiger partial charge in [-0.25, -0.2) is 4.99 Å². The van der Waals surface area contributed by atoms with Crippen molar-refractivity contribution < 1.29 is 14.3 Å². The minimum Gasteiger partial charge on any atom is -0.493 e.